The third-order valence-corrected chi connectivity index (χ3v) is 3.42. The third kappa shape index (κ3) is 4.26. The van der Waals surface area contributed by atoms with E-state index in [1.54, 1.807) is 12.1 Å². The van der Waals surface area contributed by atoms with Gasteiger partial charge in [-0.2, -0.15) is 0 Å². The number of hydrogen-bond acceptors (Lipinski definition) is 3. The standard InChI is InChI=1S/C15H15BrFN3O/c1-2-7-18-14-6-3-10(9-19-14)15(21)20-13-5-4-11(17)8-12(13)16/h3-6,8-9H,2,7H2,1H3,(H,18,19)(H,20,21). The second-order valence-electron chi connectivity index (χ2n) is 4.44. The molecule has 1 aromatic heterocycles. The summed E-state index contributed by atoms with van der Waals surface area (Å²) in [5.41, 5.74) is 0.947. The van der Waals surface area contributed by atoms with Gasteiger partial charge in [0, 0.05) is 17.2 Å². The Morgan fingerprint density at radius 1 is 1.33 bits per heavy atom. The molecule has 0 aliphatic heterocycles. The first-order chi connectivity index (χ1) is 10.1. The highest BCUT2D eigenvalue weighted by Gasteiger charge is 2.09. The Morgan fingerprint density at radius 2 is 2.14 bits per heavy atom. The smallest absolute Gasteiger partial charge is 0.257 e. The highest BCUT2D eigenvalue weighted by atomic mass is 79.9. The summed E-state index contributed by atoms with van der Waals surface area (Å²) in [6, 6.07) is 7.53. The number of halogens is 2. The maximum Gasteiger partial charge on any atom is 0.257 e. The molecule has 2 N–H and O–H groups in total. The molecule has 0 saturated carbocycles. The number of carbonyl (C=O) groups excluding carboxylic acids is 1. The number of anilines is 2. The predicted molar refractivity (Wildman–Crippen MR) is 85.1 cm³/mol. The van der Waals surface area contributed by atoms with Crippen LogP contribution in [0.15, 0.2) is 41.0 Å². The van der Waals surface area contributed by atoms with E-state index < -0.39 is 0 Å². The number of pyridine rings is 1. The van der Waals surface area contributed by atoms with E-state index in [1.807, 2.05) is 0 Å². The fourth-order valence-corrected chi connectivity index (χ4v) is 2.12. The fraction of sp³-hybridized carbons (Fsp3) is 0.200. The SMILES string of the molecule is CCCNc1ccc(C(=O)Nc2ccc(F)cc2Br)cn1. The average molecular weight is 352 g/mol. The van der Waals surface area contributed by atoms with Crippen LogP contribution in [0.2, 0.25) is 0 Å². The molecule has 0 aliphatic carbocycles. The summed E-state index contributed by atoms with van der Waals surface area (Å²) in [5.74, 6) is 0.0705. The lowest BCUT2D eigenvalue weighted by Gasteiger charge is -2.08. The lowest BCUT2D eigenvalue weighted by Crippen LogP contribution is -2.13. The number of amides is 1. The van der Waals surface area contributed by atoms with Gasteiger partial charge in [0.15, 0.2) is 0 Å². The third-order valence-electron chi connectivity index (χ3n) is 2.76. The molecule has 1 aromatic carbocycles. The van der Waals surface area contributed by atoms with Crippen LogP contribution >= 0.6 is 15.9 Å². The molecular formula is C15H15BrFN3O. The molecule has 110 valence electrons. The molecule has 0 fully saturated rings. The van der Waals surface area contributed by atoms with E-state index in [-0.39, 0.29) is 11.7 Å². The van der Waals surface area contributed by atoms with E-state index in [0.29, 0.717) is 15.7 Å². The van der Waals surface area contributed by atoms with Crippen molar-refractivity contribution < 1.29 is 9.18 Å². The summed E-state index contributed by atoms with van der Waals surface area (Å²) < 4.78 is 13.5. The van der Waals surface area contributed by atoms with Gasteiger partial charge < -0.3 is 10.6 Å². The Kier molecular flexibility index (Phi) is 5.27. The summed E-state index contributed by atoms with van der Waals surface area (Å²) >= 11 is 3.21. The van der Waals surface area contributed by atoms with E-state index in [1.165, 1.54) is 24.4 Å². The van der Waals surface area contributed by atoms with Crippen LogP contribution in [0.3, 0.4) is 0 Å². The van der Waals surface area contributed by atoms with Crippen LogP contribution in [0.4, 0.5) is 15.9 Å². The Hall–Kier alpha value is -1.95. The molecule has 0 unspecified atom stereocenters. The molecule has 6 heteroatoms. The van der Waals surface area contributed by atoms with Crippen molar-refractivity contribution in [2.45, 2.75) is 13.3 Å². The Bertz CT molecular complexity index is 631. The number of nitrogens with one attached hydrogen (secondary N) is 2. The summed E-state index contributed by atoms with van der Waals surface area (Å²) in [6.07, 6.45) is 2.51. The van der Waals surface area contributed by atoms with Crippen molar-refractivity contribution in [3.05, 3.63) is 52.4 Å². The minimum atomic E-state index is -0.368. The van der Waals surface area contributed by atoms with E-state index in [2.05, 4.69) is 38.5 Å². The highest BCUT2D eigenvalue weighted by molar-refractivity contribution is 9.10. The Labute approximate surface area is 130 Å². The number of hydrogen-bond donors (Lipinski definition) is 2. The van der Waals surface area contributed by atoms with Gasteiger partial charge in [0.2, 0.25) is 0 Å². The number of aromatic nitrogens is 1. The molecule has 0 radical (unpaired) electrons. The lowest BCUT2D eigenvalue weighted by molar-refractivity contribution is 0.102. The molecule has 1 heterocycles. The van der Waals surface area contributed by atoms with Gasteiger partial charge in [0.25, 0.3) is 5.91 Å². The van der Waals surface area contributed by atoms with Gasteiger partial charge in [0.1, 0.15) is 11.6 Å². The molecule has 2 aromatic rings. The van der Waals surface area contributed by atoms with Crippen molar-refractivity contribution in [3.8, 4) is 0 Å². The van der Waals surface area contributed by atoms with Crippen LogP contribution in [0.25, 0.3) is 0 Å². The van der Waals surface area contributed by atoms with Gasteiger partial charge in [-0.05, 0) is 52.7 Å². The molecule has 2 rings (SSSR count). The number of carbonyl (C=O) groups is 1. The number of rotatable bonds is 5. The monoisotopic (exact) mass is 351 g/mol. The minimum Gasteiger partial charge on any atom is -0.370 e. The van der Waals surface area contributed by atoms with Gasteiger partial charge >= 0.3 is 0 Å². The van der Waals surface area contributed by atoms with Crippen LogP contribution in [0.5, 0.6) is 0 Å². The topological polar surface area (TPSA) is 54.0 Å². The first-order valence-electron chi connectivity index (χ1n) is 6.56. The molecule has 4 nitrogen and oxygen atoms in total. The van der Waals surface area contributed by atoms with Crippen molar-refractivity contribution >= 4 is 33.3 Å². The zero-order valence-corrected chi connectivity index (χ0v) is 13.1. The van der Waals surface area contributed by atoms with Gasteiger partial charge in [-0.1, -0.05) is 6.92 Å². The van der Waals surface area contributed by atoms with E-state index in [0.717, 1.165) is 18.8 Å². The lowest BCUT2D eigenvalue weighted by atomic mass is 10.2. The van der Waals surface area contributed by atoms with E-state index >= 15 is 0 Å². The second kappa shape index (κ2) is 7.17. The Balaban J connectivity index is 2.06. The molecule has 0 spiro atoms. The zero-order chi connectivity index (χ0) is 15.2. The Morgan fingerprint density at radius 3 is 2.76 bits per heavy atom. The van der Waals surface area contributed by atoms with Crippen LogP contribution < -0.4 is 10.6 Å². The van der Waals surface area contributed by atoms with Crippen LogP contribution in [-0.2, 0) is 0 Å². The second-order valence-corrected chi connectivity index (χ2v) is 5.29. The van der Waals surface area contributed by atoms with Crippen molar-refractivity contribution in [2.75, 3.05) is 17.2 Å². The molecule has 0 bridgehead atoms. The maximum absolute atomic E-state index is 13.0. The summed E-state index contributed by atoms with van der Waals surface area (Å²) in [5, 5.41) is 5.84. The molecular weight excluding hydrogens is 337 g/mol. The quantitative estimate of drug-likeness (QED) is 0.853. The first-order valence-corrected chi connectivity index (χ1v) is 7.35. The van der Waals surface area contributed by atoms with E-state index in [9.17, 15) is 9.18 Å². The maximum atomic E-state index is 13.0. The normalized spacial score (nSPS) is 10.2. The van der Waals surface area contributed by atoms with E-state index in [4.69, 9.17) is 0 Å². The van der Waals surface area contributed by atoms with Crippen LogP contribution in [-0.4, -0.2) is 17.4 Å². The number of benzene rings is 1. The summed E-state index contributed by atoms with van der Waals surface area (Å²) in [7, 11) is 0. The first kappa shape index (κ1) is 15.4. The van der Waals surface area contributed by atoms with Crippen molar-refractivity contribution in [1.82, 2.24) is 4.98 Å². The van der Waals surface area contributed by atoms with Gasteiger partial charge in [0.05, 0.1) is 11.3 Å². The van der Waals surface area contributed by atoms with Crippen molar-refractivity contribution in [1.29, 1.82) is 0 Å². The summed E-state index contributed by atoms with van der Waals surface area (Å²) in [4.78, 5) is 16.3. The van der Waals surface area contributed by atoms with Crippen LogP contribution in [0.1, 0.15) is 23.7 Å². The fourth-order valence-electron chi connectivity index (χ4n) is 1.67. The largest absolute Gasteiger partial charge is 0.370 e. The molecule has 0 aliphatic rings. The van der Waals surface area contributed by atoms with Gasteiger partial charge in [-0.25, -0.2) is 9.37 Å². The zero-order valence-electron chi connectivity index (χ0n) is 11.5. The van der Waals surface area contributed by atoms with Crippen LogP contribution in [0, 0.1) is 5.82 Å². The molecule has 0 saturated heterocycles. The molecule has 0 atom stereocenters. The molecule has 21 heavy (non-hydrogen) atoms. The van der Waals surface area contributed by atoms with Crippen molar-refractivity contribution in [3.63, 3.8) is 0 Å². The van der Waals surface area contributed by atoms with Crippen molar-refractivity contribution in [2.24, 2.45) is 0 Å². The van der Waals surface area contributed by atoms with Gasteiger partial charge in [-0.3, -0.25) is 4.79 Å². The highest BCUT2D eigenvalue weighted by Crippen LogP contribution is 2.23. The summed E-state index contributed by atoms with van der Waals surface area (Å²) in [6.45, 7) is 2.90. The number of nitrogens with zero attached hydrogens (tertiary/aromatic N) is 1. The van der Waals surface area contributed by atoms with Gasteiger partial charge in [-0.15, -0.1) is 0 Å². The minimum absolute atomic E-state index is 0.295. The average Bonchev–Trinajstić information content (AvgIpc) is 2.48. The predicted octanol–water partition coefficient (Wildman–Crippen LogP) is 4.06. The molecule has 1 amide bonds.